The molecule has 0 spiro atoms. The Labute approximate surface area is 133 Å². The highest BCUT2D eigenvalue weighted by Gasteiger charge is 2.11. The predicted molar refractivity (Wildman–Crippen MR) is 91.4 cm³/mol. The molecule has 0 radical (unpaired) electrons. The zero-order valence-electron chi connectivity index (χ0n) is 11.9. The summed E-state index contributed by atoms with van der Waals surface area (Å²) in [4.78, 5) is 12.2. The van der Waals surface area contributed by atoms with E-state index in [4.69, 9.17) is 0 Å². The first-order valence-corrected chi connectivity index (χ1v) is 8.18. The number of rotatable bonds is 3. The van der Waals surface area contributed by atoms with Crippen molar-refractivity contribution in [3.63, 3.8) is 0 Å². The molecule has 1 N–H and O–H groups in total. The van der Waals surface area contributed by atoms with Crippen LogP contribution in [0.25, 0.3) is 10.8 Å². The van der Waals surface area contributed by atoms with Crippen molar-refractivity contribution in [3.05, 3.63) is 52.5 Å². The minimum atomic E-state index is 0.0793. The van der Waals surface area contributed by atoms with Gasteiger partial charge in [-0.05, 0) is 43.2 Å². The molecule has 3 heteroatoms. The average molecular weight is 344 g/mol. The number of allylic oxidation sites excluding steroid dienone is 1. The lowest BCUT2D eigenvalue weighted by atomic mass is 9.97. The van der Waals surface area contributed by atoms with Crippen molar-refractivity contribution in [2.75, 3.05) is 5.32 Å². The number of carbonyl (C=O) groups excluding carboxylic acids is 1. The molecule has 2 nitrogen and oxygen atoms in total. The van der Waals surface area contributed by atoms with E-state index in [-0.39, 0.29) is 5.91 Å². The van der Waals surface area contributed by atoms with Crippen molar-refractivity contribution in [2.24, 2.45) is 0 Å². The number of amides is 1. The summed E-state index contributed by atoms with van der Waals surface area (Å²) in [5.74, 6) is 0.0793. The Hall–Kier alpha value is -1.61. The van der Waals surface area contributed by atoms with E-state index in [2.05, 4.69) is 33.4 Å². The number of anilines is 1. The molecular formula is C18H18BrNO. The second-order valence-corrected chi connectivity index (χ2v) is 6.33. The molecule has 2 aromatic rings. The molecule has 1 aliphatic carbocycles. The standard InChI is InChI=1S/C18H18BrNO/c19-16-10-11-17(15-9-5-4-8-14(15)16)20-18(21)12-13-6-2-1-3-7-13/h4-6,8-11H,1-3,7,12H2,(H,20,21). The van der Waals surface area contributed by atoms with Crippen molar-refractivity contribution >= 4 is 38.3 Å². The Morgan fingerprint density at radius 3 is 2.67 bits per heavy atom. The average Bonchev–Trinajstić information content (AvgIpc) is 2.51. The Kier molecular flexibility index (Phi) is 4.39. The number of benzene rings is 2. The van der Waals surface area contributed by atoms with Gasteiger partial charge in [0.15, 0.2) is 0 Å². The quantitative estimate of drug-likeness (QED) is 0.739. The van der Waals surface area contributed by atoms with Crippen LogP contribution in [0, 0.1) is 0 Å². The second kappa shape index (κ2) is 6.44. The third-order valence-electron chi connectivity index (χ3n) is 3.92. The monoisotopic (exact) mass is 343 g/mol. The first-order valence-electron chi connectivity index (χ1n) is 7.39. The molecule has 21 heavy (non-hydrogen) atoms. The summed E-state index contributed by atoms with van der Waals surface area (Å²) < 4.78 is 1.05. The lowest BCUT2D eigenvalue weighted by molar-refractivity contribution is -0.115. The van der Waals surface area contributed by atoms with E-state index in [9.17, 15) is 4.79 Å². The van der Waals surface area contributed by atoms with Crippen LogP contribution in [0.15, 0.2) is 52.5 Å². The number of nitrogens with one attached hydrogen (secondary N) is 1. The van der Waals surface area contributed by atoms with Gasteiger partial charge in [-0.25, -0.2) is 0 Å². The third-order valence-corrected chi connectivity index (χ3v) is 4.61. The normalized spacial score (nSPS) is 14.8. The molecule has 0 fully saturated rings. The van der Waals surface area contributed by atoms with Crippen molar-refractivity contribution in [2.45, 2.75) is 32.1 Å². The van der Waals surface area contributed by atoms with Crippen LogP contribution in [0.5, 0.6) is 0 Å². The van der Waals surface area contributed by atoms with Crippen LogP contribution in [-0.2, 0) is 4.79 Å². The summed E-state index contributed by atoms with van der Waals surface area (Å²) in [5, 5.41) is 5.24. The van der Waals surface area contributed by atoms with Gasteiger partial charge in [0.2, 0.25) is 5.91 Å². The highest BCUT2D eigenvalue weighted by molar-refractivity contribution is 9.10. The summed E-state index contributed by atoms with van der Waals surface area (Å²) in [5.41, 5.74) is 2.16. The van der Waals surface area contributed by atoms with Gasteiger partial charge in [-0.3, -0.25) is 4.79 Å². The molecule has 0 atom stereocenters. The molecular weight excluding hydrogens is 326 g/mol. The van der Waals surface area contributed by atoms with Gasteiger partial charge in [0.05, 0.1) is 0 Å². The molecule has 2 aromatic carbocycles. The summed E-state index contributed by atoms with van der Waals surface area (Å²) in [7, 11) is 0. The van der Waals surface area contributed by atoms with E-state index in [1.807, 2.05) is 30.3 Å². The molecule has 1 aliphatic rings. The Bertz CT molecular complexity index is 705. The van der Waals surface area contributed by atoms with E-state index in [1.165, 1.54) is 18.4 Å². The molecule has 108 valence electrons. The van der Waals surface area contributed by atoms with Gasteiger partial charge in [0.25, 0.3) is 0 Å². The van der Waals surface area contributed by atoms with Crippen LogP contribution in [0.4, 0.5) is 5.69 Å². The lowest BCUT2D eigenvalue weighted by Gasteiger charge is -2.14. The largest absolute Gasteiger partial charge is 0.325 e. The van der Waals surface area contributed by atoms with Gasteiger partial charge in [0, 0.05) is 22.0 Å². The van der Waals surface area contributed by atoms with Gasteiger partial charge in [-0.1, -0.05) is 51.8 Å². The van der Waals surface area contributed by atoms with Gasteiger partial charge < -0.3 is 5.32 Å². The third kappa shape index (κ3) is 3.35. The van der Waals surface area contributed by atoms with Crippen molar-refractivity contribution < 1.29 is 4.79 Å². The van der Waals surface area contributed by atoms with Gasteiger partial charge >= 0.3 is 0 Å². The Morgan fingerprint density at radius 2 is 1.90 bits per heavy atom. The highest BCUT2D eigenvalue weighted by Crippen LogP contribution is 2.30. The van der Waals surface area contributed by atoms with Crippen LogP contribution in [0.2, 0.25) is 0 Å². The van der Waals surface area contributed by atoms with Gasteiger partial charge in [-0.2, -0.15) is 0 Å². The van der Waals surface area contributed by atoms with E-state index in [0.717, 1.165) is 33.8 Å². The molecule has 0 unspecified atom stereocenters. The number of hydrogen-bond acceptors (Lipinski definition) is 1. The molecule has 0 aromatic heterocycles. The second-order valence-electron chi connectivity index (χ2n) is 5.47. The fraction of sp³-hybridized carbons (Fsp3) is 0.278. The van der Waals surface area contributed by atoms with E-state index in [1.54, 1.807) is 0 Å². The van der Waals surface area contributed by atoms with Crippen molar-refractivity contribution in [1.29, 1.82) is 0 Å². The zero-order valence-corrected chi connectivity index (χ0v) is 13.4. The molecule has 0 heterocycles. The molecule has 0 saturated heterocycles. The molecule has 0 bridgehead atoms. The van der Waals surface area contributed by atoms with E-state index >= 15 is 0 Å². The predicted octanol–water partition coefficient (Wildman–Crippen LogP) is 5.43. The zero-order chi connectivity index (χ0) is 14.7. The molecule has 0 aliphatic heterocycles. The van der Waals surface area contributed by atoms with Crippen LogP contribution in [0.1, 0.15) is 32.1 Å². The Morgan fingerprint density at radius 1 is 1.10 bits per heavy atom. The van der Waals surface area contributed by atoms with Crippen molar-refractivity contribution in [1.82, 2.24) is 0 Å². The summed E-state index contributed by atoms with van der Waals surface area (Å²) in [6, 6.07) is 12.0. The van der Waals surface area contributed by atoms with E-state index in [0.29, 0.717) is 6.42 Å². The Balaban J connectivity index is 1.80. The first kappa shape index (κ1) is 14.3. The maximum atomic E-state index is 12.2. The number of halogens is 1. The fourth-order valence-corrected chi connectivity index (χ4v) is 3.32. The van der Waals surface area contributed by atoms with Gasteiger partial charge in [-0.15, -0.1) is 0 Å². The summed E-state index contributed by atoms with van der Waals surface area (Å²) in [6.45, 7) is 0. The van der Waals surface area contributed by atoms with Crippen LogP contribution >= 0.6 is 15.9 Å². The smallest absolute Gasteiger partial charge is 0.228 e. The fourth-order valence-electron chi connectivity index (χ4n) is 2.84. The maximum absolute atomic E-state index is 12.2. The van der Waals surface area contributed by atoms with Crippen LogP contribution in [-0.4, -0.2) is 5.91 Å². The van der Waals surface area contributed by atoms with Crippen molar-refractivity contribution in [3.8, 4) is 0 Å². The summed E-state index contributed by atoms with van der Waals surface area (Å²) in [6.07, 6.45) is 7.38. The molecule has 0 saturated carbocycles. The molecule has 1 amide bonds. The number of fused-ring (bicyclic) bond motifs is 1. The number of hydrogen-bond donors (Lipinski definition) is 1. The number of carbonyl (C=O) groups is 1. The van der Waals surface area contributed by atoms with Crippen LogP contribution in [0.3, 0.4) is 0 Å². The van der Waals surface area contributed by atoms with Crippen LogP contribution < -0.4 is 5.32 Å². The highest BCUT2D eigenvalue weighted by atomic mass is 79.9. The minimum Gasteiger partial charge on any atom is -0.325 e. The first-order chi connectivity index (χ1) is 10.2. The SMILES string of the molecule is O=C(CC1=CCCCC1)Nc1ccc(Br)c2ccccc12. The summed E-state index contributed by atoms with van der Waals surface area (Å²) >= 11 is 3.56. The van der Waals surface area contributed by atoms with E-state index < -0.39 is 0 Å². The lowest BCUT2D eigenvalue weighted by Crippen LogP contribution is -2.13. The topological polar surface area (TPSA) is 29.1 Å². The maximum Gasteiger partial charge on any atom is 0.228 e. The minimum absolute atomic E-state index is 0.0793. The van der Waals surface area contributed by atoms with Gasteiger partial charge in [0.1, 0.15) is 0 Å². The molecule has 3 rings (SSSR count).